The second kappa shape index (κ2) is 7.63. The lowest BCUT2D eigenvalue weighted by atomic mass is 10.2. The van der Waals surface area contributed by atoms with Gasteiger partial charge in [0.2, 0.25) is 0 Å². The Hall–Kier alpha value is -3.40. The van der Waals surface area contributed by atoms with Crippen molar-refractivity contribution in [1.29, 1.82) is 0 Å². The molecular weight excluding hydrogens is 432 g/mol. The number of pyridine rings is 1. The Balaban J connectivity index is 1.45. The number of fused-ring (bicyclic) bond motifs is 2. The van der Waals surface area contributed by atoms with Crippen molar-refractivity contribution in [3.63, 3.8) is 0 Å². The molecule has 1 amide bonds. The predicted molar refractivity (Wildman–Crippen MR) is 118 cm³/mol. The molecule has 0 bridgehead atoms. The molecule has 1 saturated heterocycles. The highest BCUT2D eigenvalue weighted by atomic mass is 32.2. The van der Waals surface area contributed by atoms with E-state index in [1.807, 2.05) is 6.92 Å². The molecule has 4 aromatic rings. The number of aromatic nitrogens is 3. The first kappa shape index (κ1) is 20.5. The van der Waals surface area contributed by atoms with Crippen LogP contribution in [0, 0.1) is 0 Å². The van der Waals surface area contributed by atoms with Gasteiger partial charge in [0, 0.05) is 25.8 Å². The molecule has 0 radical (unpaired) electrons. The number of likely N-dealkylation sites (tertiary alicyclic amines) is 1. The molecule has 1 fully saturated rings. The summed E-state index contributed by atoms with van der Waals surface area (Å²) >= 11 is 0. The maximum Gasteiger partial charge on any atom is 0.270 e. The van der Waals surface area contributed by atoms with E-state index in [9.17, 15) is 18.0 Å². The van der Waals surface area contributed by atoms with E-state index >= 15 is 0 Å². The van der Waals surface area contributed by atoms with Gasteiger partial charge in [0.1, 0.15) is 28.5 Å². The Kier molecular flexibility index (Phi) is 4.89. The third-order valence-electron chi connectivity index (χ3n) is 5.81. The number of furan rings is 1. The topological polar surface area (TPSA) is 107 Å². The van der Waals surface area contributed by atoms with Gasteiger partial charge in [-0.1, -0.05) is 13.0 Å². The Morgan fingerprint density at radius 3 is 2.75 bits per heavy atom. The maximum absolute atomic E-state index is 13.2. The zero-order valence-corrected chi connectivity index (χ0v) is 18.3. The van der Waals surface area contributed by atoms with Crippen LogP contribution in [0.15, 0.2) is 58.1 Å². The summed E-state index contributed by atoms with van der Waals surface area (Å²) in [4.78, 5) is 32.3. The highest BCUT2D eigenvalue weighted by Gasteiger charge is 2.41. The lowest BCUT2D eigenvalue weighted by molar-refractivity contribution is 0.0648. The molecule has 0 atom stereocenters. The fourth-order valence-electron chi connectivity index (χ4n) is 4.08. The Morgan fingerprint density at radius 1 is 1.22 bits per heavy atom. The van der Waals surface area contributed by atoms with E-state index < -0.39 is 15.1 Å². The number of aryl methyl sites for hydroxylation is 1. The van der Waals surface area contributed by atoms with Crippen molar-refractivity contribution < 1.29 is 17.6 Å². The van der Waals surface area contributed by atoms with Crippen molar-refractivity contribution in [3.8, 4) is 0 Å². The van der Waals surface area contributed by atoms with Crippen LogP contribution in [0.1, 0.15) is 29.6 Å². The third-order valence-corrected chi connectivity index (χ3v) is 7.81. The average molecular weight is 455 g/mol. The van der Waals surface area contributed by atoms with Gasteiger partial charge in [0.05, 0.1) is 16.9 Å². The summed E-state index contributed by atoms with van der Waals surface area (Å²) in [7, 11) is -3.43. The van der Waals surface area contributed by atoms with E-state index in [0.717, 1.165) is 6.42 Å². The molecule has 0 aliphatic carbocycles. The van der Waals surface area contributed by atoms with Crippen LogP contribution in [-0.2, 0) is 22.1 Å². The highest BCUT2D eigenvalue weighted by Crippen LogP contribution is 2.25. The molecule has 0 spiro atoms. The first-order valence-corrected chi connectivity index (χ1v) is 12.1. The van der Waals surface area contributed by atoms with Gasteiger partial charge >= 0.3 is 0 Å². The SMILES string of the molecule is CCCn1c(C(=O)N2CC(S(=O)(=O)Cc3ccco3)C2)cc2c(=O)n3ccccc3nc21. The smallest absolute Gasteiger partial charge is 0.270 e. The second-order valence-corrected chi connectivity index (χ2v) is 10.3. The van der Waals surface area contributed by atoms with Crippen LogP contribution in [-0.4, -0.2) is 51.5 Å². The standard InChI is InChI=1S/C22H22N4O5S/c1-2-8-25-18(11-17-20(25)23-19-7-3-4-9-26(19)21(17)27)22(28)24-12-16(13-24)32(29,30)14-15-6-5-10-31-15/h3-7,9-11,16H,2,8,12-14H2,1H3. The number of sulfone groups is 1. The molecule has 9 nitrogen and oxygen atoms in total. The second-order valence-electron chi connectivity index (χ2n) is 7.98. The third kappa shape index (κ3) is 3.31. The highest BCUT2D eigenvalue weighted by molar-refractivity contribution is 7.91. The molecule has 4 aromatic heterocycles. The Labute approximate surface area is 183 Å². The zero-order valence-electron chi connectivity index (χ0n) is 17.5. The van der Waals surface area contributed by atoms with Crippen LogP contribution in [0.4, 0.5) is 0 Å². The molecule has 0 N–H and O–H groups in total. The molecule has 5 rings (SSSR count). The quantitative estimate of drug-likeness (QED) is 0.442. The van der Waals surface area contributed by atoms with Crippen molar-refractivity contribution in [2.75, 3.05) is 13.1 Å². The number of hydrogen-bond donors (Lipinski definition) is 0. The van der Waals surface area contributed by atoms with Crippen molar-refractivity contribution in [2.45, 2.75) is 30.9 Å². The largest absolute Gasteiger partial charge is 0.468 e. The lowest BCUT2D eigenvalue weighted by Crippen LogP contribution is -2.57. The van der Waals surface area contributed by atoms with Crippen LogP contribution in [0.2, 0.25) is 0 Å². The minimum absolute atomic E-state index is 0.115. The monoisotopic (exact) mass is 454 g/mol. The van der Waals surface area contributed by atoms with E-state index in [2.05, 4.69) is 4.98 Å². The van der Waals surface area contributed by atoms with Gasteiger partial charge in [-0.2, -0.15) is 0 Å². The molecule has 166 valence electrons. The molecule has 10 heteroatoms. The number of hydrogen-bond acceptors (Lipinski definition) is 6. The van der Waals surface area contributed by atoms with Crippen LogP contribution in [0.25, 0.3) is 16.7 Å². The lowest BCUT2D eigenvalue weighted by Gasteiger charge is -2.38. The number of carbonyl (C=O) groups is 1. The van der Waals surface area contributed by atoms with E-state index in [0.29, 0.717) is 34.7 Å². The first-order valence-electron chi connectivity index (χ1n) is 10.4. The minimum Gasteiger partial charge on any atom is -0.468 e. The molecule has 1 aliphatic rings. The van der Waals surface area contributed by atoms with Crippen LogP contribution in [0.3, 0.4) is 0 Å². The number of nitrogens with zero attached hydrogens (tertiary/aromatic N) is 4. The predicted octanol–water partition coefficient (Wildman–Crippen LogP) is 2.09. The molecule has 0 saturated carbocycles. The van der Waals surface area contributed by atoms with Gasteiger partial charge in [-0.3, -0.25) is 14.0 Å². The van der Waals surface area contributed by atoms with E-state index in [4.69, 9.17) is 4.42 Å². The summed E-state index contributed by atoms with van der Waals surface area (Å²) < 4.78 is 33.6. The fourth-order valence-corrected chi connectivity index (χ4v) is 5.69. The first-order chi connectivity index (χ1) is 15.4. The van der Waals surface area contributed by atoms with Gasteiger partial charge < -0.3 is 13.9 Å². The molecular formula is C22H22N4O5S. The minimum atomic E-state index is -3.43. The van der Waals surface area contributed by atoms with E-state index in [1.54, 1.807) is 47.2 Å². The Morgan fingerprint density at radius 2 is 2.03 bits per heavy atom. The van der Waals surface area contributed by atoms with Crippen LogP contribution < -0.4 is 5.56 Å². The molecule has 1 aliphatic heterocycles. The summed E-state index contributed by atoms with van der Waals surface area (Å²) in [5.41, 5.74) is 1.09. The fraction of sp³-hybridized carbons (Fsp3) is 0.318. The maximum atomic E-state index is 13.2. The molecule has 0 unspecified atom stereocenters. The normalized spacial score (nSPS) is 14.8. The van der Waals surface area contributed by atoms with Crippen LogP contribution in [0.5, 0.6) is 0 Å². The van der Waals surface area contributed by atoms with Gasteiger partial charge in [0.15, 0.2) is 9.84 Å². The van der Waals surface area contributed by atoms with Crippen molar-refractivity contribution in [3.05, 3.63) is 70.7 Å². The zero-order chi connectivity index (χ0) is 22.5. The van der Waals surface area contributed by atoms with Crippen molar-refractivity contribution in [2.24, 2.45) is 0 Å². The molecule has 0 aromatic carbocycles. The van der Waals surface area contributed by atoms with E-state index in [-0.39, 0.29) is 30.3 Å². The van der Waals surface area contributed by atoms with Gasteiger partial charge in [-0.15, -0.1) is 0 Å². The number of amides is 1. The van der Waals surface area contributed by atoms with Crippen LogP contribution >= 0.6 is 0 Å². The van der Waals surface area contributed by atoms with Gasteiger partial charge in [-0.25, -0.2) is 13.4 Å². The summed E-state index contributed by atoms with van der Waals surface area (Å²) in [5, 5.41) is -0.264. The van der Waals surface area contributed by atoms with Gasteiger partial charge in [-0.05, 0) is 36.8 Å². The number of rotatable bonds is 6. The summed E-state index contributed by atoms with van der Waals surface area (Å²) in [6.07, 6.45) is 3.83. The Bertz CT molecular complexity index is 1480. The molecule has 5 heterocycles. The molecule has 32 heavy (non-hydrogen) atoms. The van der Waals surface area contributed by atoms with E-state index in [1.165, 1.54) is 15.6 Å². The average Bonchev–Trinajstić information content (AvgIpc) is 3.35. The van der Waals surface area contributed by atoms with Gasteiger partial charge in [0.25, 0.3) is 11.5 Å². The number of carbonyl (C=O) groups excluding carboxylic acids is 1. The summed E-state index contributed by atoms with van der Waals surface area (Å²) in [6, 6.07) is 10.1. The van der Waals surface area contributed by atoms with Crippen molar-refractivity contribution in [1.82, 2.24) is 18.9 Å². The summed E-state index contributed by atoms with van der Waals surface area (Å²) in [6.45, 7) is 2.73. The van der Waals surface area contributed by atoms with Crippen molar-refractivity contribution >= 4 is 32.4 Å². The summed E-state index contributed by atoms with van der Waals surface area (Å²) in [5.74, 6) is -0.0957.